The molecule has 0 fully saturated rings. The van der Waals surface area contributed by atoms with Crippen molar-refractivity contribution in [3.05, 3.63) is 23.5 Å². The highest BCUT2D eigenvalue weighted by atomic mass is 35.5. The topological polar surface area (TPSA) is 65.7 Å². The molecule has 0 aliphatic carbocycles. The van der Waals surface area contributed by atoms with Crippen LogP contribution >= 0.6 is 11.6 Å². The molecule has 0 aliphatic rings. The Hall–Kier alpha value is -1.69. The van der Waals surface area contributed by atoms with Gasteiger partial charge in [-0.2, -0.15) is 15.0 Å². The Morgan fingerprint density at radius 2 is 2.05 bits per heavy atom. The zero-order valence-corrected chi connectivity index (χ0v) is 11.8. The summed E-state index contributed by atoms with van der Waals surface area (Å²) in [5, 5.41) is 0.118. The summed E-state index contributed by atoms with van der Waals surface area (Å²) in [6, 6.07) is 0.244. The van der Waals surface area contributed by atoms with E-state index in [0.717, 1.165) is 25.1 Å². The fourth-order valence-corrected chi connectivity index (χ4v) is 1.76. The summed E-state index contributed by atoms with van der Waals surface area (Å²) >= 11 is 5.90. The van der Waals surface area contributed by atoms with Gasteiger partial charge in [-0.3, -0.25) is 4.57 Å². The maximum Gasteiger partial charge on any atom is 0.322 e. The van der Waals surface area contributed by atoms with Gasteiger partial charge in [-0.1, -0.05) is 13.8 Å². The lowest BCUT2D eigenvalue weighted by atomic mass is 10.3. The van der Waals surface area contributed by atoms with Gasteiger partial charge in [-0.05, 0) is 24.4 Å². The van der Waals surface area contributed by atoms with Crippen molar-refractivity contribution in [2.24, 2.45) is 0 Å². The van der Waals surface area contributed by atoms with Crippen molar-refractivity contribution in [2.75, 3.05) is 6.61 Å². The van der Waals surface area contributed by atoms with Crippen LogP contribution in [0.2, 0.25) is 5.28 Å². The maximum absolute atomic E-state index is 5.90. The van der Waals surface area contributed by atoms with E-state index in [9.17, 15) is 0 Å². The molecule has 2 heterocycles. The molecule has 6 nitrogen and oxygen atoms in total. The molecule has 7 heteroatoms. The van der Waals surface area contributed by atoms with E-state index in [-0.39, 0.29) is 11.3 Å². The number of rotatable bonds is 6. The maximum atomic E-state index is 5.90. The minimum atomic E-state index is 0.118. The zero-order valence-electron chi connectivity index (χ0n) is 11.0. The highest BCUT2D eigenvalue weighted by molar-refractivity contribution is 6.28. The highest BCUT2D eigenvalue weighted by Gasteiger charge is 2.11. The summed E-state index contributed by atoms with van der Waals surface area (Å²) in [5.41, 5.74) is 0. The molecule has 0 bridgehead atoms. The van der Waals surface area contributed by atoms with Crippen LogP contribution in [0.5, 0.6) is 6.01 Å². The van der Waals surface area contributed by atoms with Gasteiger partial charge in [0.25, 0.3) is 0 Å². The first-order valence-corrected chi connectivity index (χ1v) is 6.69. The molecule has 2 aromatic rings. The molecule has 0 unspecified atom stereocenters. The molecule has 0 N–H and O–H groups in total. The minimum Gasteiger partial charge on any atom is -0.463 e. The van der Waals surface area contributed by atoms with Crippen LogP contribution in [-0.2, 0) is 6.42 Å². The van der Waals surface area contributed by atoms with Crippen molar-refractivity contribution in [3.8, 4) is 12.0 Å². The van der Waals surface area contributed by atoms with E-state index in [2.05, 4.69) is 26.9 Å². The summed E-state index contributed by atoms with van der Waals surface area (Å²) in [4.78, 5) is 16.6. The lowest BCUT2D eigenvalue weighted by Crippen LogP contribution is -2.09. The Morgan fingerprint density at radius 1 is 1.21 bits per heavy atom. The first kappa shape index (κ1) is 13.7. The molecule has 102 valence electrons. The van der Waals surface area contributed by atoms with Crippen LogP contribution in [0.25, 0.3) is 5.95 Å². The van der Waals surface area contributed by atoms with E-state index in [4.69, 9.17) is 16.3 Å². The predicted octanol–water partition coefficient (Wildman–Crippen LogP) is 2.45. The molecular formula is C12H16ClN5O. The van der Waals surface area contributed by atoms with Gasteiger partial charge in [0.05, 0.1) is 6.61 Å². The van der Waals surface area contributed by atoms with Gasteiger partial charge in [0, 0.05) is 18.8 Å². The summed E-state index contributed by atoms with van der Waals surface area (Å²) < 4.78 is 7.20. The quantitative estimate of drug-likeness (QED) is 0.814. The summed E-state index contributed by atoms with van der Waals surface area (Å²) in [6.45, 7) is 4.65. The van der Waals surface area contributed by atoms with E-state index >= 15 is 0 Å². The van der Waals surface area contributed by atoms with Gasteiger partial charge >= 0.3 is 6.01 Å². The van der Waals surface area contributed by atoms with Crippen molar-refractivity contribution < 1.29 is 4.74 Å². The fraction of sp³-hybridized carbons (Fsp3) is 0.500. The van der Waals surface area contributed by atoms with Gasteiger partial charge < -0.3 is 4.74 Å². The Morgan fingerprint density at radius 3 is 2.79 bits per heavy atom. The van der Waals surface area contributed by atoms with Crippen molar-refractivity contribution in [1.82, 2.24) is 24.5 Å². The molecule has 0 saturated carbocycles. The van der Waals surface area contributed by atoms with Crippen LogP contribution < -0.4 is 4.74 Å². The van der Waals surface area contributed by atoms with Crippen molar-refractivity contribution in [2.45, 2.75) is 33.1 Å². The molecule has 0 aromatic carbocycles. The fourth-order valence-electron chi connectivity index (χ4n) is 1.61. The average Bonchev–Trinajstić information content (AvgIpc) is 2.84. The molecule has 0 amide bonds. The third-order valence-corrected chi connectivity index (χ3v) is 2.59. The third-order valence-electron chi connectivity index (χ3n) is 2.42. The van der Waals surface area contributed by atoms with E-state index < -0.39 is 0 Å². The van der Waals surface area contributed by atoms with E-state index in [1.54, 1.807) is 17.0 Å². The molecule has 0 atom stereocenters. The van der Waals surface area contributed by atoms with Crippen LogP contribution in [0.1, 0.15) is 32.5 Å². The summed E-state index contributed by atoms with van der Waals surface area (Å²) in [5.74, 6) is 1.33. The zero-order chi connectivity index (χ0) is 13.7. The second-order valence-corrected chi connectivity index (χ2v) is 4.34. The molecule has 19 heavy (non-hydrogen) atoms. The number of hydrogen-bond donors (Lipinski definition) is 0. The number of halogens is 1. The number of nitrogens with zero attached hydrogens (tertiary/aromatic N) is 5. The van der Waals surface area contributed by atoms with Gasteiger partial charge in [0.2, 0.25) is 11.2 Å². The average molecular weight is 282 g/mol. The summed E-state index contributed by atoms with van der Waals surface area (Å²) in [7, 11) is 0. The smallest absolute Gasteiger partial charge is 0.322 e. The van der Waals surface area contributed by atoms with Crippen molar-refractivity contribution in [3.63, 3.8) is 0 Å². The Balaban J connectivity index is 2.32. The highest BCUT2D eigenvalue weighted by Crippen LogP contribution is 2.14. The molecule has 2 aromatic heterocycles. The van der Waals surface area contributed by atoms with E-state index in [1.165, 1.54) is 0 Å². The van der Waals surface area contributed by atoms with Crippen LogP contribution in [0.4, 0.5) is 0 Å². The second kappa shape index (κ2) is 6.47. The lowest BCUT2D eigenvalue weighted by Gasteiger charge is -2.07. The molecule has 2 rings (SSSR count). The Kier molecular flexibility index (Phi) is 4.68. The Labute approximate surface area is 116 Å². The lowest BCUT2D eigenvalue weighted by molar-refractivity contribution is 0.290. The first-order chi connectivity index (χ1) is 9.24. The molecule has 0 saturated heterocycles. The molecule has 0 aliphatic heterocycles. The van der Waals surface area contributed by atoms with Crippen molar-refractivity contribution in [1.29, 1.82) is 0 Å². The van der Waals surface area contributed by atoms with Gasteiger partial charge in [0.1, 0.15) is 5.82 Å². The minimum absolute atomic E-state index is 0.118. The molecule has 0 radical (unpaired) electrons. The second-order valence-electron chi connectivity index (χ2n) is 4.00. The SMILES string of the molecule is CCCOc1nc(Cl)nc(-n2ccnc2CCC)n1. The van der Waals surface area contributed by atoms with Crippen LogP contribution in [0.15, 0.2) is 12.4 Å². The molecule has 0 spiro atoms. The number of imidazole rings is 1. The summed E-state index contributed by atoms with van der Waals surface area (Å²) in [6.07, 6.45) is 6.25. The van der Waals surface area contributed by atoms with Gasteiger partial charge in [-0.25, -0.2) is 4.98 Å². The number of ether oxygens (including phenoxy) is 1. The van der Waals surface area contributed by atoms with Gasteiger partial charge in [0.15, 0.2) is 0 Å². The van der Waals surface area contributed by atoms with E-state index in [1.807, 2.05) is 6.92 Å². The van der Waals surface area contributed by atoms with Crippen LogP contribution in [0, 0.1) is 0 Å². The van der Waals surface area contributed by atoms with Crippen LogP contribution in [-0.4, -0.2) is 31.1 Å². The largest absolute Gasteiger partial charge is 0.463 e. The van der Waals surface area contributed by atoms with Crippen molar-refractivity contribution >= 4 is 11.6 Å². The Bertz CT molecular complexity index is 543. The first-order valence-electron chi connectivity index (χ1n) is 6.31. The number of aromatic nitrogens is 5. The van der Waals surface area contributed by atoms with Gasteiger partial charge in [-0.15, -0.1) is 0 Å². The number of hydrogen-bond acceptors (Lipinski definition) is 5. The third kappa shape index (κ3) is 3.41. The number of aryl methyl sites for hydroxylation is 1. The van der Waals surface area contributed by atoms with Crippen LogP contribution in [0.3, 0.4) is 0 Å². The monoisotopic (exact) mass is 281 g/mol. The van der Waals surface area contributed by atoms with E-state index in [0.29, 0.717) is 12.6 Å². The predicted molar refractivity (Wildman–Crippen MR) is 71.7 cm³/mol. The standard InChI is InChI=1S/C12H16ClN5O/c1-3-5-9-14-6-7-18(9)11-15-10(13)16-12(17-11)19-8-4-2/h6-7H,3-5,8H2,1-2H3. The molecular weight excluding hydrogens is 266 g/mol. The normalized spacial score (nSPS) is 10.7.